The van der Waals surface area contributed by atoms with E-state index in [1.165, 1.54) is 0 Å². The summed E-state index contributed by atoms with van der Waals surface area (Å²) in [6.07, 6.45) is 0. The van der Waals surface area contributed by atoms with Crippen molar-refractivity contribution in [1.29, 1.82) is 0 Å². The van der Waals surface area contributed by atoms with Crippen LogP contribution in [0.2, 0.25) is 0 Å². The lowest BCUT2D eigenvalue weighted by atomic mass is 10.1. The van der Waals surface area contributed by atoms with Crippen LogP contribution in [0.3, 0.4) is 0 Å². The number of benzene rings is 2. The number of amides is 1. The number of anilines is 1. The molecule has 2 aromatic carbocycles. The Hall–Kier alpha value is -1.92. The zero-order valence-electron chi connectivity index (χ0n) is 13.8. The first-order chi connectivity index (χ1) is 12.1. The SMILES string of the molecule is C[C@H](SCC(=O)N1c2ccccc2SC[C@@H]1c1ccccc1)C(=O)O. The number of nitrogens with zero attached hydrogens (tertiary/aromatic N) is 1. The van der Waals surface area contributed by atoms with Gasteiger partial charge in [0.2, 0.25) is 5.91 Å². The minimum absolute atomic E-state index is 0.0469. The molecule has 0 radical (unpaired) electrons. The monoisotopic (exact) mass is 373 g/mol. The number of carboxylic acids is 1. The van der Waals surface area contributed by atoms with Gasteiger partial charge in [-0.25, -0.2) is 0 Å². The summed E-state index contributed by atoms with van der Waals surface area (Å²) in [5.74, 6) is -0.0199. The Balaban J connectivity index is 1.89. The fourth-order valence-electron chi connectivity index (χ4n) is 2.76. The van der Waals surface area contributed by atoms with Crippen molar-refractivity contribution in [2.24, 2.45) is 0 Å². The fourth-order valence-corrected chi connectivity index (χ4v) is 4.60. The van der Waals surface area contributed by atoms with Crippen LogP contribution >= 0.6 is 23.5 Å². The lowest BCUT2D eigenvalue weighted by molar-refractivity contribution is -0.136. The molecule has 0 spiro atoms. The molecule has 1 heterocycles. The Bertz CT molecular complexity index is 766. The quantitative estimate of drug-likeness (QED) is 0.856. The summed E-state index contributed by atoms with van der Waals surface area (Å²) >= 11 is 2.91. The third kappa shape index (κ3) is 4.02. The van der Waals surface area contributed by atoms with E-state index in [2.05, 4.69) is 0 Å². The maximum atomic E-state index is 13.0. The summed E-state index contributed by atoms with van der Waals surface area (Å²) in [7, 11) is 0. The molecule has 0 aliphatic carbocycles. The van der Waals surface area contributed by atoms with Gasteiger partial charge in [-0.15, -0.1) is 23.5 Å². The molecule has 2 atom stereocenters. The first-order valence-electron chi connectivity index (χ1n) is 8.01. The van der Waals surface area contributed by atoms with Crippen LogP contribution in [-0.2, 0) is 9.59 Å². The molecular weight excluding hydrogens is 354 g/mol. The van der Waals surface area contributed by atoms with Crippen LogP contribution in [0.15, 0.2) is 59.5 Å². The highest BCUT2D eigenvalue weighted by Gasteiger charge is 2.32. The number of carboxylic acid groups (broad SMARTS) is 1. The van der Waals surface area contributed by atoms with E-state index in [-0.39, 0.29) is 17.7 Å². The van der Waals surface area contributed by atoms with Crippen molar-refractivity contribution in [3.63, 3.8) is 0 Å². The number of carbonyl (C=O) groups excluding carboxylic acids is 1. The highest BCUT2D eigenvalue weighted by atomic mass is 32.2. The molecule has 4 nitrogen and oxygen atoms in total. The predicted molar refractivity (Wildman–Crippen MR) is 103 cm³/mol. The van der Waals surface area contributed by atoms with Crippen LogP contribution in [-0.4, -0.2) is 33.7 Å². The molecule has 0 saturated heterocycles. The fraction of sp³-hybridized carbons (Fsp3) is 0.263. The highest BCUT2D eigenvalue weighted by Crippen LogP contribution is 2.43. The van der Waals surface area contributed by atoms with E-state index >= 15 is 0 Å². The molecule has 0 aromatic heterocycles. The van der Waals surface area contributed by atoms with Gasteiger partial charge in [-0.1, -0.05) is 42.5 Å². The molecule has 1 amide bonds. The summed E-state index contributed by atoms with van der Waals surface area (Å²) in [6, 6.07) is 17.8. The second-order valence-electron chi connectivity index (χ2n) is 5.76. The van der Waals surface area contributed by atoms with Crippen molar-refractivity contribution >= 4 is 41.1 Å². The molecule has 25 heavy (non-hydrogen) atoms. The van der Waals surface area contributed by atoms with Crippen molar-refractivity contribution in [1.82, 2.24) is 0 Å². The van der Waals surface area contributed by atoms with E-state index in [9.17, 15) is 9.59 Å². The number of carbonyl (C=O) groups is 2. The Morgan fingerprint density at radius 2 is 1.88 bits per heavy atom. The molecule has 0 unspecified atom stereocenters. The number of thioether (sulfide) groups is 2. The van der Waals surface area contributed by atoms with E-state index in [1.807, 2.05) is 59.5 Å². The van der Waals surface area contributed by atoms with Gasteiger partial charge in [-0.3, -0.25) is 9.59 Å². The number of fused-ring (bicyclic) bond motifs is 1. The third-order valence-corrected chi connectivity index (χ3v) is 6.34. The van der Waals surface area contributed by atoms with Crippen LogP contribution in [0.5, 0.6) is 0 Å². The van der Waals surface area contributed by atoms with Gasteiger partial charge >= 0.3 is 5.97 Å². The van der Waals surface area contributed by atoms with E-state index in [1.54, 1.807) is 18.7 Å². The van der Waals surface area contributed by atoms with E-state index in [0.29, 0.717) is 0 Å². The Morgan fingerprint density at radius 3 is 2.60 bits per heavy atom. The van der Waals surface area contributed by atoms with Gasteiger partial charge in [-0.2, -0.15) is 0 Å². The van der Waals surface area contributed by atoms with Gasteiger partial charge in [0, 0.05) is 10.6 Å². The average molecular weight is 373 g/mol. The number of hydrogen-bond acceptors (Lipinski definition) is 4. The number of para-hydroxylation sites is 1. The van der Waals surface area contributed by atoms with Crippen molar-refractivity contribution in [3.05, 3.63) is 60.2 Å². The summed E-state index contributed by atoms with van der Waals surface area (Å²) in [6.45, 7) is 1.61. The molecule has 3 rings (SSSR count). The highest BCUT2D eigenvalue weighted by molar-refractivity contribution is 8.01. The summed E-state index contributed by atoms with van der Waals surface area (Å²) in [5.41, 5.74) is 2.00. The van der Waals surface area contributed by atoms with Gasteiger partial charge in [0.15, 0.2) is 0 Å². The molecular formula is C19H19NO3S2. The molecule has 0 bridgehead atoms. The lowest BCUT2D eigenvalue weighted by Gasteiger charge is -2.37. The van der Waals surface area contributed by atoms with Gasteiger partial charge in [-0.05, 0) is 24.6 Å². The lowest BCUT2D eigenvalue weighted by Crippen LogP contribution is -2.40. The summed E-state index contributed by atoms with van der Waals surface area (Å²) in [4.78, 5) is 26.9. The van der Waals surface area contributed by atoms with E-state index in [0.717, 1.165) is 33.7 Å². The molecule has 1 aliphatic rings. The van der Waals surface area contributed by atoms with Crippen LogP contribution in [0.1, 0.15) is 18.5 Å². The first-order valence-corrected chi connectivity index (χ1v) is 10.0. The van der Waals surface area contributed by atoms with Gasteiger partial charge < -0.3 is 10.0 Å². The van der Waals surface area contributed by atoms with Crippen LogP contribution < -0.4 is 4.90 Å². The minimum atomic E-state index is -0.896. The van der Waals surface area contributed by atoms with Crippen molar-refractivity contribution in [3.8, 4) is 0 Å². The normalized spacial score (nSPS) is 17.6. The van der Waals surface area contributed by atoms with Crippen molar-refractivity contribution < 1.29 is 14.7 Å². The molecule has 0 fully saturated rings. The van der Waals surface area contributed by atoms with Crippen molar-refractivity contribution in [2.45, 2.75) is 23.1 Å². The zero-order chi connectivity index (χ0) is 17.8. The van der Waals surface area contributed by atoms with Crippen LogP contribution in [0.4, 0.5) is 5.69 Å². The smallest absolute Gasteiger partial charge is 0.316 e. The summed E-state index contributed by atoms with van der Waals surface area (Å²) in [5, 5.41) is 8.44. The topological polar surface area (TPSA) is 57.6 Å². The predicted octanol–water partition coefficient (Wildman–Crippen LogP) is 4.07. The standard InChI is InChI=1S/C19H19NO3S2/c1-13(19(22)23)24-12-18(21)20-15-9-5-6-10-17(15)25-11-16(20)14-7-3-2-4-8-14/h2-10,13,16H,11-12H2,1H3,(H,22,23)/t13-,16+/m0/s1. The molecule has 0 saturated carbocycles. The second kappa shape index (κ2) is 7.97. The molecule has 6 heteroatoms. The van der Waals surface area contributed by atoms with Crippen LogP contribution in [0, 0.1) is 0 Å². The largest absolute Gasteiger partial charge is 0.480 e. The van der Waals surface area contributed by atoms with Crippen LogP contribution in [0.25, 0.3) is 0 Å². The first kappa shape index (κ1) is 17.9. The van der Waals surface area contributed by atoms with E-state index < -0.39 is 11.2 Å². The molecule has 130 valence electrons. The Kier molecular flexibility index (Phi) is 5.71. The number of rotatable bonds is 5. The van der Waals surface area contributed by atoms with Crippen molar-refractivity contribution in [2.75, 3.05) is 16.4 Å². The maximum Gasteiger partial charge on any atom is 0.316 e. The molecule has 1 aliphatic heterocycles. The van der Waals surface area contributed by atoms with E-state index in [4.69, 9.17) is 5.11 Å². The minimum Gasteiger partial charge on any atom is -0.480 e. The maximum absolute atomic E-state index is 13.0. The molecule has 2 aromatic rings. The Morgan fingerprint density at radius 1 is 1.20 bits per heavy atom. The second-order valence-corrected chi connectivity index (χ2v) is 8.15. The molecule has 1 N–H and O–H groups in total. The average Bonchev–Trinajstić information content (AvgIpc) is 2.65. The van der Waals surface area contributed by atoms with Gasteiger partial charge in [0.1, 0.15) is 0 Å². The zero-order valence-corrected chi connectivity index (χ0v) is 15.4. The number of aliphatic carboxylic acids is 1. The van der Waals surface area contributed by atoms with Gasteiger partial charge in [0.05, 0.1) is 22.7 Å². The Labute approximate surface area is 155 Å². The number of hydrogen-bond donors (Lipinski definition) is 1. The summed E-state index contributed by atoms with van der Waals surface area (Å²) < 4.78 is 0. The van der Waals surface area contributed by atoms with Gasteiger partial charge in [0.25, 0.3) is 0 Å². The third-order valence-electron chi connectivity index (χ3n) is 4.09.